The molecule has 1 fully saturated rings. The molecule has 0 N–H and O–H groups in total. The molecule has 0 saturated carbocycles. The zero-order valence-corrected chi connectivity index (χ0v) is 15.4. The Bertz CT molecular complexity index is 1000. The van der Waals surface area contributed by atoms with Crippen LogP contribution >= 0.6 is 0 Å². The van der Waals surface area contributed by atoms with E-state index in [2.05, 4.69) is 16.9 Å². The van der Waals surface area contributed by atoms with E-state index in [1.807, 2.05) is 24.4 Å². The summed E-state index contributed by atoms with van der Waals surface area (Å²) >= 11 is 0. The number of likely N-dealkylation sites (tertiary alicyclic amines) is 1. The average molecular weight is 362 g/mol. The summed E-state index contributed by atoms with van der Waals surface area (Å²) in [5.41, 5.74) is 4.09. The molecular formula is C22H22N2O3. The van der Waals surface area contributed by atoms with Gasteiger partial charge in [0.25, 0.3) is 0 Å². The number of rotatable bonds is 1. The molecule has 0 bridgehead atoms. The van der Waals surface area contributed by atoms with Gasteiger partial charge in [0.15, 0.2) is 11.2 Å². The number of ketones is 1. The smallest absolute Gasteiger partial charge is 0.184 e. The van der Waals surface area contributed by atoms with Crippen LogP contribution in [0.1, 0.15) is 40.2 Å². The van der Waals surface area contributed by atoms with Gasteiger partial charge in [-0.3, -0.25) is 14.6 Å². The molecule has 2 aromatic rings. The van der Waals surface area contributed by atoms with Crippen LogP contribution in [0.5, 0.6) is 5.75 Å². The van der Waals surface area contributed by atoms with Crippen molar-refractivity contribution in [2.24, 2.45) is 5.92 Å². The third-order valence-electron chi connectivity index (χ3n) is 6.21. The molecule has 1 saturated heterocycles. The predicted octanol–water partition coefficient (Wildman–Crippen LogP) is 2.67. The lowest BCUT2D eigenvalue weighted by atomic mass is 9.78. The van der Waals surface area contributed by atoms with Gasteiger partial charge in [-0.1, -0.05) is 0 Å². The largest absolute Gasteiger partial charge is 0.492 e. The summed E-state index contributed by atoms with van der Waals surface area (Å²) in [7, 11) is 2.14. The third kappa shape index (κ3) is 2.77. The minimum Gasteiger partial charge on any atom is -0.492 e. The minimum absolute atomic E-state index is 0.0609. The van der Waals surface area contributed by atoms with Crippen molar-refractivity contribution >= 4 is 5.78 Å². The fraction of sp³-hybridized carbons (Fsp3) is 0.409. The van der Waals surface area contributed by atoms with Crippen LogP contribution in [0, 0.1) is 5.92 Å². The van der Waals surface area contributed by atoms with E-state index in [9.17, 15) is 9.59 Å². The van der Waals surface area contributed by atoms with Gasteiger partial charge in [-0.25, -0.2) is 0 Å². The van der Waals surface area contributed by atoms with Crippen molar-refractivity contribution < 1.29 is 9.53 Å². The molecule has 0 radical (unpaired) electrons. The number of carbonyl (C=O) groups is 1. The predicted molar refractivity (Wildman–Crippen MR) is 102 cm³/mol. The van der Waals surface area contributed by atoms with Crippen molar-refractivity contribution in [1.29, 1.82) is 0 Å². The van der Waals surface area contributed by atoms with E-state index in [0.717, 1.165) is 42.6 Å². The molecule has 1 unspecified atom stereocenters. The molecule has 0 amide bonds. The van der Waals surface area contributed by atoms with Gasteiger partial charge in [0.05, 0.1) is 17.9 Å². The van der Waals surface area contributed by atoms with Crippen molar-refractivity contribution in [2.75, 3.05) is 26.7 Å². The van der Waals surface area contributed by atoms with Crippen LogP contribution in [0.3, 0.4) is 0 Å². The Kier molecular flexibility index (Phi) is 3.86. The van der Waals surface area contributed by atoms with Crippen LogP contribution in [0.25, 0.3) is 11.3 Å². The summed E-state index contributed by atoms with van der Waals surface area (Å²) < 4.78 is 5.56. The molecule has 2 atom stereocenters. The van der Waals surface area contributed by atoms with E-state index in [1.165, 1.54) is 0 Å². The molecule has 3 aliphatic rings. The number of ether oxygens (including phenoxy) is 1. The van der Waals surface area contributed by atoms with E-state index in [1.54, 1.807) is 6.07 Å². The van der Waals surface area contributed by atoms with Gasteiger partial charge in [-0.15, -0.1) is 0 Å². The minimum atomic E-state index is 0.0609. The number of Topliss-reactive ketones (excluding diaryl/α,β-unsaturated/α-hetero) is 1. The summed E-state index contributed by atoms with van der Waals surface area (Å²) in [6, 6.07) is 7.13. The lowest BCUT2D eigenvalue weighted by Gasteiger charge is -2.25. The van der Waals surface area contributed by atoms with E-state index < -0.39 is 0 Å². The van der Waals surface area contributed by atoms with Gasteiger partial charge in [0.2, 0.25) is 0 Å². The first-order chi connectivity index (χ1) is 13.1. The maximum atomic E-state index is 12.9. The molecule has 3 heterocycles. The molecule has 5 heteroatoms. The highest BCUT2D eigenvalue weighted by molar-refractivity contribution is 6.00. The van der Waals surface area contributed by atoms with Crippen LogP contribution in [-0.2, 0) is 6.42 Å². The molecular weight excluding hydrogens is 340 g/mol. The van der Waals surface area contributed by atoms with Gasteiger partial charge in [0.1, 0.15) is 5.75 Å². The highest BCUT2D eigenvalue weighted by atomic mass is 16.5. The van der Waals surface area contributed by atoms with Crippen LogP contribution in [0.15, 0.2) is 35.3 Å². The quantitative estimate of drug-likeness (QED) is 0.781. The molecule has 5 nitrogen and oxygen atoms in total. The lowest BCUT2D eigenvalue weighted by Crippen LogP contribution is -2.22. The number of likely N-dealkylation sites (N-methyl/N-ethyl adjacent to an activating group) is 1. The molecule has 1 aromatic heterocycles. The highest BCUT2D eigenvalue weighted by Gasteiger charge is 2.36. The second-order valence-corrected chi connectivity index (χ2v) is 7.94. The van der Waals surface area contributed by atoms with Crippen LogP contribution in [0.2, 0.25) is 0 Å². The second kappa shape index (κ2) is 6.27. The zero-order valence-electron chi connectivity index (χ0n) is 15.4. The number of fused-ring (bicyclic) bond motifs is 4. The number of hydrogen-bond acceptors (Lipinski definition) is 5. The number of nitrogens with zero attached hydrogens (tertiary/aromatic N) is 2. The molecule has 1 aliphatic carbocycles. The van der Waals surface area contributed by atoms with Crippen LogP contribution in [0.4, 0.5) is 0 Å². The first-order valence-electron chi connectivity index (χ1n) is 9.62. The van der Waals surface area contributed by atoms with Crippen LogP contribution < -0.4 is 10.2 Å². The molecule has 0 spiro atoms. The van der Waals surface area contributed by atoms with Gasteiger partial charge < -0.3 is 9.64 Å². The normalized spacial score (nSPS) is 24.0. The Hall–Kier alpha value is -2.53. The van der Waals surface area contributed by atoms with Crippen molar-refractivity contribution in [3.05, 3.63) is 57.4 Å². The molecule has 138 valence electrons. The summed E-state index contributed by atoms with van der Waals surface area (Å²) in [5.74, 6) is 1.72. The second-order valence-electron chi connectivity index (χ2n) is 7.94. The zero-order chi connectivity index (χ0) is 18.5. The molecule has 1 aromatic carbocycles. The topological polar surface area (TPSA) is 59.5 Å². The number of carbonyl (C=O) groups excluding carboxylic acids is 1. The summed E-state index contributed by atoms with van der Waals surface area (Å²) in [6.07, 6.45) is 4.20. The fourth-order valence-corrected chi connectivity index (χ4v) is 4.84. The number of aromatic nitrogens is 1. The van der Waals surface area contributed by atoms with Gasteiger partial charge in [0, 0.05) is 48.8 Å². The summed E-state index contributed by atoms with van der Waals surface area (Å²) in [5, 5.41) is 0. The number of benzene rings is 1. The Labute approximate surface area is 158 Å². The van der Waals surface area contributed by atoms with Gasteiger partial charge in [-0.05, 0) is 49.6 Å². The fourth-order valence-electron chi connectivity index (χ4n) is 4.84. The Morgan fingerprint density at radius 3 is 2.93 bits per heavy atom. The van der Waals surface area contributed by atoms with Gasteiger partial charge in [-0.2, -0.15) is 0 Å². The maximum absolute atomic E-state index is 12.9. The maximum Gasteiger partial charge on any atom is 0.184 e. The lowest BCUT2D eigenvalue weighted by molar-refractivity contribution is 0.0933. The highest BCUT2D eigenvalue weighted by Crippen LogP contribution is 2.39. The third-order valence-corrected chi connectivity index (χ3v) is 6.21. The van der Waals surface area contributed by atoms with E-state index in [4.69, 9.17) is 4.74 Å². The summed E-state index contributed by atoms with van der Waals surface area (Å²) in [4.78, 5) is 32.2. The summed E-state index contributed by atoms with van der Waals surface area (Å²) in [6.45, 7) is 2.51. The molecule has 27 heavy (non-hydrogen) atoms. The Morgan fingerprint density at radius 1 is 1.15 bits per heavy atom. The van der Waals surface area contributed by atoms with Crippen molar-refractivity contribution in [1.82, 2.24) is 9.88 Å². The van der Waals surface area contributed by atoms with E-state index in [0.29, 0.717) is 41.9 Å². The Balaban J connectivity index is 1.60. The standard InChI is InChI=1S/C22H22N2O3/c1-24-11-14-2-4-15-17(18(14)12-24)10-23-19(9-21(15)26)13-3-5-22-16(8-13)20(25)6-7-27-22/h3,5,8-10,14,18H,2,4,6-7,11-12H2,1H3/t14?,18-/m0/s1. The van der Waals surface area contributed by atoms with E-state index >= 15 is 0 Å². The van der Waals surface area contributed by atoms with E-state index in [-0.39, 0.29) is 11.2 Å². The first kappa shape index (κ1) is 16.6. The van der Waals surface area contributed by atoms with Crippen molar-refractivity contribution in [3.8, 4) is 17.0 Å². The van der Waals surface area contributed by atoms with Crippen LogP contribution in [-0.4, -0.2) is 42.4 Å². The Morgan fingerprint density at radius 2 is 2.04 bits per heavy atom. The SMILES string of the molecule is CN1CC2CCc3c(cnc(-c4ccc5c(c4)C(=O)CCO5)cc3=O)[C@H]2C1. The molecule has 5 rings (SSSR count). The monoisotopic (exact) mass is 362 g/mol. The van der Waals surface area contributed by atoms with Crippen molar-refractivity contribution in [2.45, 2.75) is 25.2 Å². The average Bonchev–Trinajstić information content (AvgIpc) is 2.96. The van der Waals surface area contributed by atoms with Crippen molar-refractivity contribution in [3.63, 3.8) is 0 Å². The first-order valence-corrected chi connectivity index (χ1v) is 9.62. The van der Waals surface area contributed by atoms with Gasteiger partial charge >= 0.3 is 0 Å². The number of hydrogen-bond donors (Lipinski definition) is 0. The molecule has 2 aliphatic heterocycles.